The minimum absolute atomic E-state index is 0.0206. The van der Waals surface area contributed by atoms with Gasteiger partial charge in [0.15, 0.2) is 12.4 Å². The Bertz CT molecular complexity index is 473. The molecule has 1 aromatic carbocycles. The summed E-state index contributed by atoms with van der Waals surface area (Å²) in [6.45, 7) is 0. The van der Waals surface area contributed by atoms with Gasteiger partial charge in [0.25, 0.3) is 0 Å². The highest BCUT2D eigenvalue weighted by atomic mass is 16.7. The van der Waals surface area contributed by atoms with Gasteiger partial charge < -0.3 is 35.0 Å². The summed E-state index contributed by atoms with van der Waals surface area (Å²) in [6, 6.07) is 5.19. The van der Waals surface area contributed by atoms with Gasteiger partial charge in [-0.1, -0.05) is 0 Å². The third-order valence-electron chi connectivity index (χ3n) is 2.88. The van der Waals surface area contributed by atoms with Crippen LogP contribution in [-0.4, -0.2) is 62.2 Å². The van der Waals surface area contributed by atoms with Crippen molar-refractivity contribution in [2.75, 3.05) is 0 Å². The van der Waals surface area contributed by atoms with E-state index in [9.17, 15) is 25.2 Å². The summed E-state index contributed by atoms with van der Waals surface area (Å²) in [5.41, 5.74) is 0. The molecule has 20 heavy (non-hydrogen) atoms. The van der Waals surface area contributed by atoms with Crippen molar-refractivity contribution >= 4 is 5.97 Å². The maximum atomic E-state index is 11.8. The SMILES string of the molecule is O=C(Oc1ccc(O)cc1)[C@H]1O[C@H](O)[C@H](O)[C@@H](O)[C@H]1O. The molecule has 1 aliphatic rings. The first-order valence-corrected chi connectivity index (χ1v) is 5.78. The number of esters is 1. The fraction of sp³-hybridized carbons (Fsp3) is 0.417. The average molecular weight is 286 g/mol. The van der Waals surface area contributed by atoms with E-state index in [1.165, 1.54) is 24.3 Å². The topological polar surface area (TPSA) is 137 Å². The van der Waals surface area contributed by atoms with Gasteiger partial charge in [0, 0.05) is 0 Å². The molecule has 8 heteroatoms. The van der Waals surface area contributed by atoms with E-state index < -0.39 is 36.7 Å². The maximum Gasteiger partial charge on any atom is 0.343 e. The molecule has 0 unspecified atom stereocenters. The number of benzene rings is 1. The molecule has 0 saturated carbocycles. The van der Waals surface area contributed by atoms with E-state index in [2.05, 4.69) is 0 Å². The average Bonchev–Trinajstić information content (AvgIpc) is 2.43. The molecule has 5 atom stereocenters. The zero-order valence-corrected chi connectivity index (χ0v) is 10.2. The minimum atomic E-state index is -1.81. The molecule has 0 aliphatic carbocycles. The van der Waals surface area contributed by atoms with Crippen molar-refractivity contribution in [3.63, 3.8) is 0 Å². The summed E-state index contributed by atoms with van der Waals surface area (Å²) in [4.78, 5) is 11.8. The lowest BCUT2D eigenvalue weighted by atomic mass is 9.99. The zero-order chi connectivity index (χ0) is 14.9. The lowest BCUT2D eigenvalue weighted by Crippen LogP contribution is -2.60. The molecule has 1 aromatic rings. The number of carbonyl (C=O) groups excluding carboxylic acids is 1. The van der Waals surface area contributed by atoms with Gasteiger partial charge in [-0.05, 0) is 24.3 Å². The molecule has 1 heterocycles. The number of aliphatic hydroxyl groups excluding tert-OH is 4. The molecule has 110 valence electrons. The molecule has 0 amide bonds. The Kier molecular flexibility index (Phi) is 4.21. The highest BCUT2D eigenvalue weighted by Gasteiger charge is 2.47. The number of phenolic OH excluding ortho intramolecular Hbond substituents is 1. The number of phenols is 1. The second-order valence-corrected chi connectivity index (χ2v) is 4.33. The fourth-order valence-corrected chi connectivity index (χ4v) is 1.74. The van der Waals surface area contributed by atoms with Crippen molar-refractivity contribution in [1.82, 2.24) is 0 Å². The number of aliphatic hydroxyl groups is 4. The molecule has 2 rings (SSSR count). The predicted molar refractivity (Wildman–Crippen MR) is 62.6 cm³/mol. The second kappa shape index (κ2) is 5.73. The Hall–Kier alpha value is -1.71. The first-order valence-electron chi connectivity index (χ1n) is 5.78. The van der Waals surface area contributed by atoms with Crippen LogP contribution in [0.4, 0.5) is 0 Å². The summed E-state index contributed by atoms with van der Waals surface area (Å²) < 4.78 is 9.58. The van der Waals surface area contributed by atoms with Gasteiger partial charge in [-0.2, -0.15) is 0 Å². The van der Waals surface area contributed by atoms with Crippen molar-refractivity contribution in [3.05, 3.63) is 24.3 Å². The van der Waals surface area contributed by atoms with Crippen LogP contribution in [0.15, 0.2) is 24.3 Å². The van der Waals surface area contributed by atoms with E-state index in [1.54, 1.807) is 0 Å². The van der Waals surface area contributed by atoms with Crippen molar-refractivity contribution in [3.8, 4) is 11.5 Å². The lowest BCUT2D eigenvalue weighted by Gasteiger charge is -2.36. The normalized spacial score (nSPS) is 33.7. The summed E-state index contributed by atoms with van der Waals surface area (Å²) in [5.74, 6) is -0.986. The molecule has 0 radical (unpaired) electrons. The van der Waals surface area contributed by atoms with Crippen LogP contribution in [0.5, 0.6) is 11.5 Å². The Morgan fingerprint density at radius 3 is 2.20 bits per heavy atom. The van der Waals surface area contributed by atoms with E-state index in [4.69, 9.17) is 14.6 Å². The van der Waals surface area contributed by atoms with E-state index in [0.29, 0.717) is 0 Å². The first-order chi connectivity index (χ1) is 9.40. The van der Waals surface area contributed by atoms with Crippen molar-refractivity contribution < 1.29 is 39.8 Å². The molecule has 8 nitrogen and oxygen atoms in total. The van der Waals surface area contributed by atoms with E-state index in [1.807, 2.05) is 0 Å². The Morgan fingerprint density at radius 2 is 1.60 bits per heavy atom. The van der Waals surface area contributed by atoms with Crippen LogP contribution >= 0.6 is 0 Å². The summed E-state index contributed by atoms with van der Waals surface area (Å²) in [6.07, 6.45) is -8.65. The smallest absolute Gasteiger partial charge is 0.343 e. The summed E-state index contributed by atoms with van der Waals surface area (Å²) >= 11 is 0. The third-order valence-corrected chi connectivity index (χ3v) is 2.88. The van der Waals surface area contributed by atoms with Crippen LogP contribution in [0.25, 0.3) is 0 Å². The number of carbonyl (C=O) groups is 1. The molecule has 1 aliphatic heterocycles. The van der Waals surface area contributed by atoms with Crippen LogP contribution < -0.4 is 4.74 Å². The van der Waals surface area contributed by atoms with Crippen LogP contribution in [-0.2, 0) is 9.53 Å². The molecule has 5 N–H and O–H groups in total. The van der Waals surface area contributed by atoms with Crippen LogP contribution in [0, 0.1) is 0 Å². The van der Waals surface area contributed by atoms with Crippen molar-refractivity contribution in [2.24, 2.45) is 0 Å². The number of ether oxygens (including phenoxy) is 2. The van der Waals surface area contributed by atoms with Crippen molar-refractivity contribution in [2.45, 2.75) is 30.7 Å². The Balaban J connectivity index is 2.06. The molecule has 0 aromatic heterocycles. The van der Waals surface area contributed by atoms with Crippen LogP contribution in [0.3, 0.4) is 0 Å². The largest absolute Gasteiger partial charge is 0.508 e. The monoisotopic (exact) mass is 286 g/mol. The maximum absolute atomic E-state index is 11.8. The summed E-state index contributed by atoms with van der Waals surface area (Å²) in [5, 5.41) is 46.7. The van der Waals surface area contributed by atoms with E-state index >= 15 is 0 Å². The van der Waals surface area contributed by atoms with Crippen LogP contribution in [0.2, 0.25) is 0 Å². The third kappa shape index (κ3) is 2.89. The Labute approximate surface area is 113 Å². The van der Waals surface area contributed by atoms with Gasteiger partial charge in [0.2, 0.25) is 0 Å². The number of hydrogen-bond acceptors (Lipinski definition) is 8. The Morgan fingerprint density at radius 1 is 1.00 bits per heavy atom. The van der Waals surface area contributed by atoms with Gasteiger partial charge >= 0.3 is 5.97 Å². The summed E-state index contributed by atoms with van der Waals surface area (Å²) in [7, 11) is 0. The molecular formula is C12H14O8. The van der Waals surface area contributed by atoms with Crippen molar-refractivity contribution in [1.29, 1.82) is 0 Å². The molecular weight excluding hydrogens is 272 g/mol. The van der Waals surface area contributed by atoms with Gasteiger partial charge in [-0.3, -0.25) is 0 Å². The van der Waals surface area contributed by atoms with Gasteiger partial charge in [0.1, 0.15) is 29.8 Å². The standard InChI is InChI=1S/C12H14O8/c13-5-1-3-6(4-2-5)19-12(18)10-8(15)7(14)9(16)11(17)20-10/h1-4,7-11,13-17H/t7-,8+,9+,10-,11-/m0/s1. The molecule has 0 spiro atoms. The number of rotatable bonds is 2. The number of aromatic hydroxyl groups is 1. The number of hydrogen-bond donors (Lipinski definition) is 5. The van der Waals surface area contributed by atoms with Crippen LogP contribution in [0.1, 0.15) is 0 Å². The highest BCUT2D eigenvalue weighted by Crippen LogP contribution is 2.22. The van der Waals surface area contributed by atoms with Gasteiger partial charge in [-0.25, -0.2) is 4.79 Å². The molecule has 0 bridgehead atoms. The second-order valence-electron chi connectivity index (χ2n) is 4.33. The quantitative estimate of drug-likeness (QED) is 0.314. The zero-order valence-electron chi connectivity index (χ0n) is 10.2. The van der Waals surface area contributed by atoms with E-state index in [-0.39, 0.29) is 11.5 Å². The van der Waals surface area contributed by atoms with Gasteiger partial charge in [0.05, 0.1) is 0 Å². The fourth-order valence-electron chi connectivity index (χ4n) is 1.74. The predicted octanol–water partition coefficient (Wildman–Crippen LogP) is -1.90. The molecule has 1 fully saturated rings. The highest BCUT2D eigenvalue weighted by molar-refractivity contribution is 5.78. The minimum Gasteiger partial charge on any atom is -0.508 e. The van der Waals surface area contributed by atoms with Gasteiger partial charge in [-0.15, -0.1) is 0 Å². The molecule has 1 saturated heterocycles. The lowest BCUT2D eigenvalue weighted by molar-refractivity contribution is -0.279. The first kappa shape index (κ1) is 14.7. The van der Waals surface area contributed by atoms with E-state index in [0.717, 1.165) is 0 Å².